The maximum atomic E-state index is 7.19. The van der Waals surface area contributed by atoms with Crippen LogP contribution in [0.4, 0.5) is 0 Å². The number of halogens is 2. The Kier molecular flexibility index (Phi) is 13.4. The molecule has 0 saturated heterocycles. The molecule has 0 aromatic heterocycles. The predicted molar refractivity (Wildman–Crippen MR) is 53.1 cm³/mol. The molecule has 0 aliphatic carbocycles. The van der Waals surface area contributed by atoms with Gasteiger partial charge in [0.05, 0.1) is 0 Å². The molecule has 2 N–H and O–H groups in total. The second-order valence-corrected chi connectivity index (χ2v) is 5.89. The minimum absolute atomic E-state index is 0. The van der Waals surface area contributed by atoms with E-state index in [0.29, 0.717) is 13.1 Å². The SMILES string of the molecule is CCC(CC)(C[NH-])C[NH-].[Cl][Pt+2][Cl]. The Bertz CT molecular complexity index is 72.0. The molecule has 0 bridgehead atoms. The van der Waals surface area contributed by atoms with Crippen LogP contribution in [0, 0.1) is 5.41 Å². The average Bonchev–Trinajstić information content (AvgIpc) is 2.11. The van der Waals surface area contributed by atoms with Crippen molar-refractivity contribution in [1.82, 2.24) is 0 Å². The van der Waals surface area contributed by atoms with Gasteiger partial charge in [0.1, 0.15) is 0 Å². The normalized spacial score (nSPS) is 10.8. The summed E-state index contributed by atoms with van der Waals surface area (Å²) in [5.74, 6) is 0. The van der Waals surface area contributed by atoms with E-state index in [9.17, 15) is 0 Å². The van der Waals surface area contributed by atoms with Crippen molar-refractivity contribution in [2.45, 2.75) is 26.7 Å². The predicted octanol–water partition coefficient (Wildman–Crippen LogP) is 4.27. The van der Waals surface area contributed by atoms with Gasteiger partial charge in [0, 0.05) is 0 Å². The van der Waals surface area contributed by atoms with E-state index in [-0.39, 0.29) is 5.41 Å². The number of nitrogens with one attached hydrogen (secondary N) is 2. The van der Waals surface area contributed by atoms with Crippen LogP contribution in [0.5, 0.6) is 0 Å². The van der Waals surface area contributed by atoms with Gasteiger partial charge in [-0.3, -0.25) is 0 Å². The molecule has 0 fully saturated rings. The Morgan fingerprint density at radius 3 is 1.33 bits per heavy atom. The molecule has 12 heavy (non-hydrogen) atoms. The topological polar surface area (TPSA) is 47.6 Å². The van der Waals surface area contributed by atoms with Crippen LogP contribution in [0.25, 0.3) is 11.5 Å². The average molecular weight is 394 g/mol. The summed E-state index contributed by atoms with van der Waals surface area (Å²) in [7, 11) is 9.75. The molecule has 78 valence electrons. The van der Waals surface area contributed by atoms with Gasteiger partial charge in [-0.2, -0.15) is 0 Å². The Balaban J connectivity index is 0. The molecule has 0 aromatic rings. The van der Waals surface area contributed by atoms with Gasteiger partial charge in [0.15, 0.2) is 0 Å². The fourth-order valence-electron chi connectivity index (χ4n) is 0.812. The molecule has 0 spiro atoms. The van der Waals surface area contributed by atoms with Crippen molar-refractivity contribution in [2.24, 2.45) is 5.41 Å². The first-order valence-electron chi connectivity index (χ1n) is 3.77. The van der Waals surface area contributed by atoms with Crippen LogP contribution in [0.3, 0.4) is 0 Å². The van der Waals surface area contributed by atoms with Crippen molar-refractivity contribution in [1.29, 1.82) is 0 Å². The Labute approximate surface area is 91.7 Å². The van der Waals surface area contributed by atoms with E-state index >= 15 is 0 Å². The molecule has 0 aliphatic rings. The third-order valence-corrected chi connectivity index (χ3v) is 2.25. The summed E-state index contributed by atoms with van der Waals surface area (Å²) in [6.07, 6.45) is 1.94. The zero-order chi connectivity index (χ0) is 10.0. The van der Waals surface area contributed by atoms with Crippen LogP contribution >= 0.6 is 18.8 Å². The fourth-order valence-corrected chi connectivity index (χ4v) is 0.812. The molecule has 5 heteroatoms. The maximum absolute atomic E-state index is 7.19. The molecule has 0 radical (unpaired) electrons. The van der Waals surface area contributed by atoms with Crippen molar-refractivity contribution in [3.8, 4) is 0 Å². The Hall–Kier alpha value is 1.19. The van der Waals surface area contributed by atoms with Gasteiger partial charge in [-0.25, -0.2) is 0 Å². The van der Waals surface area contributed by atoms with Gasteiger partial charge in [-0.1, -0.05) is 32.1 Å². The molecule has 0 amide bonds. The summed E-state index contributed by atoms with van der Waals surface area (Å²) < 4.78 is 0. The summed E-state index contributed by atoms with van der Waals surface area (Å²) >= 11 is -0.472. The van der Waals surface area contributed by atoms with Crippen LogP contribution in [-0.4, -0.2) is 13.1 Å². The molecule has 0 unspecified atom stereocenters. The van der Waals surface area contributed by atoms with Crippen molar-refractivity contribution < 1.29 is 16.5 Å². The molecule has 0 rings (SSSR count). The van der Waals surface area contributed by atoms with Gasteiger partial charge in [0.25, 0.3) is 0 Å². The van der Waals surface area contributed by atoms with E-state index in [1.807, 2.05) is 0 Å². The first kappa shape index (κ1) is 15.7. The van der Waals surface area contributed by atoms with Gasteiger partial charge in [-0.15, -0.1) is 13.1 Å². The molecule has 0 aromatic carbocycles. The zero-order valence-electron chi connectivity index (χ0n) is 7.40. The van der Waals surface area contributed by atoms with Crippen LogP contribution in [0.2, 0.25) is 0 Å². The van der Waals surface area contributed by atoms with E-state index < -0.39 is 16.5 Å². The Morgan fingerprint density at radius 2 is 1.33 bits per heavy atom. The van der Waals surface area contributed by atoms with E-state index in [4.69, 9.17) is 30.3 Å². The number of hydrogen-bond acceptors (Lipinski definition) is 0. The van der Waals surface area contributed by atoms with Gasteiger partial charge in [0.2, 0.25) is 0 Å². The molecule has 2 nitrogen and oxygen atoms in total. The van der Waals surface area contributed by atoms with Gasteiger partial charge >= 0.3 is 35.3 Å². The van der Waals surface area contributed by atoms with Crippen LogP contribution < -0.4 is 0 Å². The summed E-state index contributed by atoms with van der Waals surface area (Å²) in [4.78, 5) is 0. The standard InChI is InChI=1S/C7H16N2.2ClH.Pt/c1-3-7(4-2,5-8)6-9;;;/h8-9H,3-6H2,1-2H3;2*1H;/q-2;;;+4/p-2. The first-order valence-corrected chi connectivity index (χ1v) is 9.41. The van der Waals surface area contributed by atoms with Crippen molar-refractivity contribution >= 4 is 18.8 Å². The van der Waals surface area contributed by atoms with Crippen molar-refractivity contribution in [3.05, 3.63) is 11.5 Å². The summed E-state index contributed by atoms with van der Waals surface area (Å²) in [5, 5.41) is 0. The van der Waals surface area contributed by atoms with E-state index in [0.717, 1.165) is 12.8 Å². The van der Waals surface area contributed by atoms with Crippen molar-refractivity contribution in [2.75, 3.05) is 13.1 Å². The zero-order valence-corrected chi connectivity index (χ0v) is 11.2. The number of hydrogen-bond donors (Lipinski definition) is 0. The molecular weight excluding hydrogens is 378 g/mol. The van der Waals surface area contributed by atoms with E-state index in [1.165, 1.54) is 0 Å². The molecular formula is C7H16Cl2N2Pt. The summed E-state index contributed by atoms with van der Waals surface area (Å²) in [6, 6.07) is 0. The van der Waals surface area contributed by atoms with E-state index in [2.05, 4.69) is 13.8 Å². The quantitative estimate of drug-likeness (QED) is 0.684. The molecule has 0 heterocycles. The second-order valence-electron chi connectivity index (χ2n) is 2.61. The van der Waals surface area contributed by atoms with Crippen LogP contribution in [0.15, 0.2) is 0 Å². The fraction of sp³-hybridized carbons (Fsp3) is 1.00. The molecule has 0 aliphatic heterocycles. The Morgan fingerprint density at radius 1 is 1.08 bits per heavy atom. The summed E-state index contributed by atoms with van der Waals surface area (Å²) in [6.45, 7) is 4.94. The number of rotatable bonds is 4. The van der Waals surface area contributed by atoms with Crippen molar-refractivity contribution in [3.63, 3.8) is 0 Å². The van der Waals surface area contributed by atoms with E-state index in [1.54, 1.807) is 0 Å². The summed E-state index contributed by atoms with van der Waals surface area (Å²) in [5.41, 5.74) is 14.4. The van der Waals surface area contributed by atoms with Gasteiger partial charge in [-0.05, 0) is 0 Å². The van der Waals surface area contributed by atoms with Gasteiger partial charge < -0.3 is 11.5 Å². The molecule has 0 saturated carbocycles. The third kappa shape index (κ3) is 6.68. The second kappa shape index (κ2) is 10.3. The van der Waals surface area contributed by atoms with Crippen LogP contribution in [0.1, 0.15) is 26.7 Å². The first-order chi connectivity index (χ1) is 5.66. The monoisotopic (exact) mass is 393 g/mol. The minimum atomic E-state index is -0.472. The molecule has 0 atom stereocenters. The van der Waals surface area contributed by atoms with Crippen LogP contribution in [-0.2, 0) is 16.5 Å². The third-order valence-electron chi connectivity index (χ3n) is 2.25.